The molecule has 1 N–H and O–H groups in total. The first kappa shape index (κ1) is 20.4. The van der Waals surface area contributed by atoms with Crippen LogP contribution in [0.1, 0.15) is 52.7 Å². The fourth-order valence-electron chi connectivity index (χ4n) is 3.66. The highest BCUT2D eigenvalue weighted by atomic mass is 35.5. The highest BCUT2D eigenvalue weighted by molar-refractivity contribution is 6.33. The fraction of sp³-hybridized carbons (Fsp3) is 0.476. The van der Waals surface area contributed by atoms with Crippen LogP contribution in [0.4, 0.5) is 0 Å². The zero-order valence-corrected chi connectivity index (χ0v) is 17.2. The van der Waals surface area contributed by atoms with Gasteiger partial charge >= 0.3 is 0 Å². The third-order valence-electron chi connectivity index (χ3n) is 5.13. The second-order valence-corrected chi connectivity index (χ2v) is 7.75. The van der Waals surface area contributed by atoms with Gasteiger partial charge in [-0.25, -0.2) is 0 Å². The summed E-state index contributed by atoms with van der Waals surface area (Å²) in [6, 6.07) is 8.91. The van der Waals surface area contributed by atoms with E-state index in [4.69, 9.17) is 11.6 Å². The monoisotopic (exact) mass is 402 g/mol. The van der Waals surface area contributed by atoms with Gasteiger partial charge in [0.2, 0.25) is 0 Å². The number of amides is 2. The van der Waals surface area contributed by atoms with E-state index >= 15 is 0 Å². The summed E-state index contributed by atoms with van der Waals surface area (Å²) in [6.45, 7) is 4.00. The molecule has 0 bridgehead atoms. The van der Waals surface area contributed by atoms with Gasteiger partial charge in [0.15, 0.2) is 0 Å². The molecular formula is C21H27ClN4O2. The number of aromatic nitrogens is 2. The molecule has 0 unspecified atom stereocenters. The number of hydrogen-bond donors (Lipinski definition) is 1. The van der Waals surface area contributed by atoms with Gasteiger partial charge in [-0.05, 0) is 43.4 Å². The fourth-order valence-corrected chi connectivity index (χ4v) is 3.88. The lowest BCUT2D eigenvalue weighted by atomic mass is 9.97. The summed E-state index contributed by atoms with van der Waals surface area (Å²) in [6.07, 6.45) is 3.79. The number of nitrogens with one attached hydrogen (secondary N) is 1. The summed E-state index contributed by atoms with van der Waals surface area (Å²) in [5, 5.41) is 7.84. The summed E-state index contributed by atoms with van der Waals surface area (Å²) >= 11 is 6.09. The molecule has 1 aliphatic rings. The Morgan fingerprint density at radius 2 is 2.11 bits per heavy atom. The second kappa shape index (κ2) is 9.24. The third kappa shape index (κ3) is 4.73. The molecule has 28 heavy (non-hydrogen) atoms. The summed E-state index contributed by atoms with van der Waals surface area (Å²) in [4.78, 5) is 27.2. The predicted molar refractivity (Wildman–Crippen MR) is 110 cm³/mol. The Balaban J connectivity index is 1.59. The molecule has 7 heteroatoms. The second-order valence-electron chi connectivity index (χ2n) is 7.34. The van der Waals surface area contributed by atoms with Crippen LogP contribution in [0, 0.1) is 5.92 Å². The van der Waals surface area contributed by atoms with Crippen molar-refractivity contribution in [2.24, 2.45) is 13.0 Å². The van der Waals surface area contributed by atoms with Crippen LogP contribution in [-0.2, 0) is 13.5 Å². The Hall–Kier alpha value is -2.34. The van der Waals surface area contributed by atoms with Crippen molar-refractivity contribution in [2.45, 2.75) is 32.6 Å². The van der Waals surface area contributed by atoms with E-state index in [1.54, 1.807) is 28.9 Å². The molecule has 1 aromatic carbocycles. The lowest BCUT2D eigenvalue weighted by Gasteiger charge is -2.32. The largest absolute Gasteiger partial charge is 0.352 e. The number of halogens is 1. The van der Waals surface area contributed by atoms with Crippen LogP contribution in [0.2, 0.25) is 5.02 Å². The molecule has 1 aliphatic heterocycles. The van der Waals surface area contributed by atoms with Crippen LogP contribution in [0.5, 0.6) is 0 Å². The first-order chi connectivity index (χ1) is 13.5. The standard InChI is InChI=1S/C21H27ClN4O2/c1-3-7-16-12-19(25(2)24-16)21(28)26-11-6-8-15(14-26)13-23-20(27)17-9-4-5-10-18(17)22/h4-5,9-10,12,15H,3,6-8,11,13-14H2,1-2H3,(H,23,27)/t15-/m0/s1. The van der Waals surface area contributed by atoms with E-state index in [1.165, 1.54) is 0 Å². The van der Waals surface area contributed by atoms with E-state index in [1.807, 2.05) is 18.0 Å². The van der Waals surface area contributed by atoms with Crippen molar-refractivity contribution in [3.63, 3.8) is 0 Å². The molecule has 2 amide bonds. The minimum atomic E-state index is -0.176. The van der Waals surface area contributed by atoms with Gasteiger partial charge in [-0.1, -0.05) is 37.1 Å². The molecule has 6 nitrogen and oxygen atoms in total. The molecular weight excluding hydrogens is 376 g/mol. The smallest absolute Gasteiger partial charge is 0.272 e. The highest BCUT2D eigenvalue weighted by Crippen LogP contribution is 2.20. The van der Waals surface area contributed by atoms with Gasteiger partial charge in [-0.2, -0.15) is 5.10 Å². The summed E-state index contributed by atoms with van der Waals surface area (Å²) < 4.78 is 1.68. The van der Waals surface area contributed by atoms with Gasteiger partial charge < -0.3 is 10.2 Å². The Labute approximate surface area is 170 Å². The SMILES string of the molecule is CCCc1cc(C(=O)N2CCC[C@@H](CNC(=O)c3ccccc3Cl)C2)n(C)n1. The van der Waals surface area contributed by atoms with Crippen LogP contribution in [-0.4, -0.2) is 46.1 Å². The minimum absolute atomic E-state index is 0.0134. The number of carbonyl (C=O) groups is 2. The van der Waals surface area contributed by atoms with Gasteiger partial charge in [0, 0.05) is 26.7 Å². The number of hydrogen-bond acceptors (Lipinski definition) is 3. The Morgan fingerprint density at radius 3 is 2.86 bits per heavy atom. The molecule has 0 aliphatic carbocycles. The molecule has 3 rings (SSSR count). The van der Waals surface area contributed by atoms with Crippen LogP contribution < -0.4 is 5.32 Å². The summed E-state index contributed by atoms with van der Waals surface area (Å²) in [5.41, 5.74) is 2.06. The first-order valence-corrected chi connectivity index (χ1v) is 10.2. The molecule has 150 valence electrons. The molecule has 0 saturated carbocycles. The topological polar surface area (TPSA) is 67.2 Å². The maximum absolute atomic E-state index is 12.9. The van der Waals surface area contributed by atoms with Gasteiger partial charge in [-0.3, -0.25) is 14.3 Å². The third-order valence-corrected chi connectivity index (χ3v) is 5.46. The summed E-state index contributed by atoms with van der Waals surface area (Å²) in [5.74, 6) is 0.0665. The Kier molecular flexibility index (Phi) is 6.73. The van der Waals surface area contributed by atoms with Gasteiger partial charge in [-0.15, -0.1) is 0 Å². The van der Waals surface area contributed by atoms with Crippen molar-refractivity contribution in [3.8, 4) is 0 Å². The van der Waals surface area contributed by atoms with Crippen LogP contribution in [0.15, 0.2) is 30.3 Å². The number of aryl methyl sites for hydroxylation is 2. The number of nitrogens with zero attached hydrogens (tertiary/aromatic N) is 3. The van der Waals surface area contributed by atoms with Crippen molar-refractivity contribution in [3.05, 3.63) is 52.3 Å². The zero-order chi connectivity index (χ0) is 20.1. The predicted octanol–water partition coefficient (Wildman–Crippen LogP) is 3.31. The van der Waals surface area contributed by atoms with Crippen LogP contribution >= 0.6 is 11.6 Å². The lowest BCUT2D eigenvalue weighted by molar-refractivity contribution is 0.0660. The number of rotatable bonds is 6. The van der Waals surface area contributed by atoms with E-state index in [9.17, 15) is 9.59 Å². The molecule has 1 saturated heterocycles. The first-order valence-electron chi connectivity index (χ1n) is 9.84. The van der Waals surface area contributed by atoms with E-state index in [2.05, 4.69) is 17.3 Å². The van der Waals surface area contributed by atoms with Gasteiger partial charge in [0.05, 0.1) is 16.3 Å². The maximum atomic E-state index is 12.9. The van der Waals surface area contributed by atoms with Gasteiger partial charge in [0.1, 0.15) is 5.69 Å². The van der Waals surface area contributed by atoms with Crippen molar-refractivity contribution < 1.29 is 9.59 Å². The molecule has 1 fully saturated rings. The van der Waals surface area contributed by atoms with E-state index in [0.717, 1.165) is 37.9 Å². The normalized spacial score (nSPS) is 16.8. The Morgan fingerprint density at radius 1 is 1.32 bits per heavy atom. The molecule has 1 aromatic heterocycles. The molecule has 1 atom stereocenters. The molecule has 0 radical (unpaired) electrons. The number of likely N-dealkylation sites (tertiary alicyclic amines) is 1. The van der Waals surface area contributed by atoms with Crippen molar-refractivity contribution in [1.29, 1.82) is 0 Å². The Bertz CT molecular complexity index is 849. The van der Waals surface area contributed by atoms with Crippen molar-refractivity contribution in [1.82, 2.24) is 20.0 Å². The maximum Gasteiger partial charge on any atom is 0.272 e. The number of benzene rings is 1. The number of carbonyl (C=O) groups excluding carboxylic acids is 2. The number of piperidine rings is 1. The van der Waals surface area contributed by atoms with Crippen LogP contribution in [0.25, 0.3) is 0 Å². The average molecular weight is 403 g/mol. The minimum Gasteiger partial charge on any atom is -0.352 e. The highest BCUT2D eigenvalue weighted by Gasteiger charge is 2.27. The average Bonchev–Trinajstić information content (AvgIpc) is 3.06. The zero-order valence-electron chi connectivity index (χ0n) is 16.4. The van der Waals surface area contributed by atoms with Crippen molar-refractivity contribution >= 4 is 23.4 Å². The molecule has 2 aromatic rings. The lowest BCUT2D eigenvalue weighted by Crippen LogP contribution is -2.44. The van der Waals surface area contributed by atoms with Gasteiger partial charge in [0.25, 0.3) is 11.8 Å². The quantitative estimate of drug-likeness (QED) is 0.806. The molecule has 0 spiro atoms. The van der Waals surface area contributed by atoms with E-state index < -0.39 is 0 Å². The van der Waals surface area contributed by atoms with E-state index in [-0.39, 0.29) is 17.7 Å². The molecule has 2 heterocycles. The summed E-state index contributed by atoms with van der Waals surface area (Å²) in [7, 11) is 1.82. The van der Waals surface area contributed by atoms with Crippen LogP contribution in [0.3, 0.4) is 0 Å². The van der Waals surface area contributed by atoms with E-state index in [0.29, 0.717) is 29.4 Å². The van der Waals surface area contributed by atoms with Crippen molar-refractivity contribution in [2.75, 3.05) is 19.6 Å².